The zero-order valence-corrected chi connectivity index (χ0v) is 10.1. The van der Waals surface area contributed by atoms with Crippen molar-refractivity contribution in [3.8, 4) is 11.8 Å². The number of nitriles is 1. The van der Waals surface area contributed by atoms with Crippen LogP contribution < -0.4 is 0 Å². The summed E-state index contributed by atoms with van der Waals surface area (Å²) in [5, 5.41) is 17.6. The molecule has 0 aliphatic rings. The second-order valence-electron chi connectivity index (χ2n) is 3.77. The molecule has 0 radical (unpaired) electrons. The van der Waals surface area contributed by atoms with Gasteiger partial charge in [-0.15, -0.1) is 0 Å². The van der Waals surface area contributed by atoms with E-state index in [1.54, 1.807) is 13.0 Å². The van der Waals surface area contributed by atoms with Crippen molar-refractivity contribution < 1.29 is 23.1 Å². The van der Waals surface area contributed by atoms with Crippen LogP contribution >= 0.6 is 0 Å². The number of benzene rings is 1. The highest BCUT2D eigenvalue weighted by Gasteiger charge is 2.25. The number of nitrogens with zero attached hydrogens (tertiary/aromatic N) is 2. The normalized spacial score (nSPS) is 10.1. The first-order chi connectivity index (χ1) is 8.93. The molecule has 1 aromatic carbocycles. The van der Waals surface area contributed by atoms with Crippen molar-refractivity contribution in [3.05, 3.63) is 29.1 Å². The van der Waals surface area contributed by atoms with Gasteiger partial charge < -0.3 is 10.0 Å². The summed E-state index contributed by atoms with van der Waals surface area (Å²) in [5.74, 6) is -7.35. The summed E-state index contributed by atoms with van der Waals surface area (Å²) in [6, 6.07) is 2.08. The number of hydrogen-bond acceptors (Lipinski definition) is 3. The molecule has 1 N–H and O–H groups in total. The number of phenols is 1. The van der Waals surface area contributed by atoms with Crippen LogP contribution in [0.1, 0.15) is 23.7 Å². The molecule has 0 heterocycles. The van der Waals surface area contributed by atoms with Crippen molar-refractivity contribution in [3.63, 3.8) is 0 Å². The summed E-state index contributed by atoms with van der Waals surface area (Å²) in [4.78, 5) is 12.9. The summed E-state index contributed by atoms with van der Waals surface area (Å²) >= 11 is 0. The van der Waals surface area contributed by atoms with Crippen LogP contribution in [-0.4, -0.2) is 29.0 Å². The minimum absolute atomic E-state index is 0.158. The minimum atomic E-state index is -1.75. The standard InChI is InChI=1S/C12H11F3N2O2/c1-2-4-17(5-3-16)12(19)7-6-8(13)10(15)11(18)9(7)14/h6,18H,2,4-5H2,1H3. The van der Waals surface area contributed by atoms with Gasteiger partial charge in [0.1, 0.15) is 6.54 Å². The fraction of sp³-hybridized carbons (Fsp3) is 0.333. The number of amides is 1. The highest BCUT2D eigenvalue weighted by Crippen LogP contribution is 2.26. The van der Waals surface area contributed by atoms with Crippen molar-refractivity contribution in [2.24, 2.45) is 0 Å². The predicted octanol–water partition coefficient (Wildman–Crippen LogP) is 2.19. The zero-order valence-electron chi connectivity index (χ0n) is 10.1. The van der Waals surface area contributed by atoms with Crippen LogP contribution in [0.2, 0.25) is 0 Å². The van der Waals surface area contributed by atoms with Gasteiger partial charge in [-0.25, -0.2) is 8.78 Å². The van der Waals surface area contributed by atoms with Gasteiger partial charge in [-0.1, -0.05) is 6.92 Å². The molecule has 0 saturated carbocycles. The molecule has 0 unspecified atom stereocenters. The molecule has 102 valence electrons. The van der Waals surface area contributed by atoms with E-state index in [4.69, 9.17) is 10.4 Å². The SMILES string of the molecule is CCCN(CC#N)C(=O)c1cc(F)c(F)c(O)c1F. The third-order valence-corrected chi connectivity index (χ3v) is 2.41. The molecule has 0 atom stereocenters. The van der Waals surface area contributed by atoms with Gasteiger partial charge in [0.2, 0.25) is 5.82 Å². The van der Waals surface area contributed by atoms with Gasteiger partial charge >= 0.3 is 0 Å². The van der Waals surface area contributed by atoms with Crippen LogP contribution in [0.5, 0.6) is 5.75 Å². The highest BCUT2D eigenvalue weighted by atomic mass is 19.2. The monoisotopic (exact) mass is 272 g/mol. The van der Waals surface area contributed by atoms with Gasteiger partial charge in [0.05, 0.1) is 11.6 Å². The molecule has 0 aliphatic carbocycles. The first-order valence-corrected chi connectivity index (χ1v) is 5.46. The molecule has 1 aromatic rings. The number of rotatable bonds is 4. The summed E-state index contributed by atoms with van der Waals surface area (Å²) in [5.41, 5.74) is -0.805. The lowest BCUT2D eigenvalue weighted by atomic mass is 10.1. The van der Waals surface area contributed by atoms with E-state index in [0.717, 1.165) is 4.90 Å². The number of phenolic OH excluding ortho intramolecular Hbond substituents is 1. The third-order valence-electron chi connectivity index (χ3n) is 2.41. The van der Waals surface area contributed by atoms with Gasteiger partial charge in [0, 0.05) is 6.54 Å². The quantitative estimate of drug-likeness (QED) is 0.675. The van der Waals surface area contributed by atoms with Crippen molar-refractivity contribution in [1.82, 2.24) is 4.90 Å². The average molecular weight is 272 g/mol. The van der Waals surface area contributed by atoms with E-state index in [0.29, 0.717) is 12.5 Å². The van der Waals surface area contributed by atoms with E-state index in [2.05, 4.69) is 0 Å². The summed E-state index contributed by atoms with van der Waals surface area (Å²) < 4.78 is 39.5. The molecular weight excluding hydrogens is 261 g/mol. The van der Waals surface area contributed by atoms with Gasteiger partial charge in [-0.2, -0.15) is 9.65 Å². The summed E-state index contributed by atoms with van der Waals surface area (Å²) in [6.45, 7) is 1.58. The van der Waals surface area contributed by atoms with Crippen LogP contribution in [0, 0.1) is 28.8 Å². The van der Waals surface area contributed by atoms with Gasteiger partial charge in [-0.05, 0) is 12.5 Å². The molecule has 0 saturated heterocycles. The summed E-state index contributed by atoms with van der Waals surface area (Å²) in [7, 11) is 0. The molecule has 4 nitrogen and oxygen atoms in total. The highest BCUT2D eigenvalue weighted by molar-refractivity contribution is 5.95. The summed E-state index contributed by atoms with van der Waals surface area (Å²) in [6.07, 6.45) is 0.505. The Morgan fingerprint density at radius 1 is 1.42 bits per heavy atom. The third kappa shape index (κ3) is 2.96. The first-order valence-electron chi connectivity index (χ1n) is 5.46. The Hall–Kier alpha value is -2.23. The topological polar surface area (TPSA) is 64.3 Å². The van der Waals surface area contributed by atoms with E-state index in [1.165, 1.54) is 0 Å². The molecule has 0 aliphatic heterocycles. The van der Waals surface area contributed by atoms with E-state index < -0.39 is 34.7 Å². The molecule has 0 aromatic heterocycles. The second kappa shape index (κ2) is 6.09. The van der Waals surface area contributed by atoms with E-state index in [1.807, 2.05) is 0 Å². The van der Waals surface area contributed by atoms with E-state index >= 15 is 0 Å². The van der Waals surface area contributed by atoms with E-state index in [9.17, 15) is 18.0 Å². The molecular formula is C12H11F3N2O2. The number of halogens is 3. The maximum atomic E-state index is 13.5. The number of hydrogen-bond donors (Lipinski definition) is 1. The largest absolute Gasteiger partial charge is 0.503 e. The maximum absolute atomic E-state index is 13.5. The van der Waals surface area contributed by atoms with Crippen molar-refractivity contribution in [2.45, 2.75) is 13.3 Å². The van der Waals surface area contributed by atoms with Crippen LogP contribution in [0.3, 0.4) is 0 Å². The lowest BCUT2D eigenvalue weighted by Crippen LogP contribution is -2.33. The average Bonchev–Trinajstić information content (AvgIpc) is 2.39. The zero-order chi connectivity index (χ0) is 14.6. The Morgan fingerprint density at radius 3 is 2.58 bits per heavy atom. The molecule has 0 spiro atoms. The van der Waals surface area contributed by atoms with Crippen molar-refractivity contribution in [2.75, 3.05) is 13.1 Å². The van der Waals surface area contributed by atoms with Crippen LogP contribution in [0.25, 0.3) is 0 Å². The van der Waals surface area contributed by atoms with Crippen molar-refractivity contribution in [1.29, 1.82) is 5.26 Å². The molecule has 1 rings (SSSR count). The van der Waals surface area contributed by atoms with Crippen molar-refractivity contribution >= 4 is 5.91 Å². The molecule has 1 amide bonds. The smallest absolute Gasteiger partial charge is 0.257 e. The Bertz CT molecular complexity index is 541. The molecule has 19 heavy (non-hydrogen) atoms. The van der Waals surface area contributed by atoms with Crippen LogP contribution in [0.15, 0.2) is 6.07 Å². The fourth-order valence-corrected chi connectivity index (χ4v) is 1.52. The molecule has 0 bridgehead atoms. The number of aromatic hydroxyl groups is 1. The van der Waals surface area contributed by atoms with Gasteiger partial charge in [0.15, 0.2) is 17.4 Å². The van der Waals surface area contributed by atoms with Crippen LogP contribution in [-0.2, 0) is 0 Å². The Kier molecular flexibility index (Phi) is 4.75. The lowest BCUT2D eigenvalue weighted by Gasteiger charge is -2.19. The Balaban J connectivity index is 3.22. The molecule has 7 heteroatoms. The Labute approximate surface area is 107 Å². The van der Waals surface area contributed by atoms with E-state index in [-0.39, 0.29) is 13.1 Å². The fourth-order valence-electron chi connectivity index (χ4n) is 1.52. The predicted molar refractivity (Wildman–Crippen MR) is 59.8 cm³/mol. The van der Waals surface area contributed by atoms with Gasteiger partial charge in [-0.3, -0.25) is 4.79 Å². The van der Waals surface area contributed by atoms with Crippen LogP contribution in [0.4, 0.5) is 13.2 Å². The molecule has 0 fully saturated rings. The second-order valence-corrected chi connectivity index (χ2v) is 3.77. The number of carbonyl (C=O) groups is 1. The lowest BCUT2D eigenvalue weighted by molar-refractivity contribution is 0.0769. The maximum Gasteiger partial charge on any atom is 0.257 e. The Morgan fingerprint density at radius 2 is 2.05 bits per heavy atom. The van der Waals surface area contributed by atoms with Gasteiger partial charge in [0.25, 0.3) is 5.91 Å². The first kappa shape index (κ1) is 14.8. The number of carbonyl (C=O) groups excluding carboxylic acids is 1. The minimum Gasteiger partial charge on any atom is -0.503 e.